The molecule has 14 heteroatoms. The minimum absolute atomic E-state index is 0.0109. The van der Waals surface area contributed by atoms with Gasteiger partial charge in [-0.1, -0.05) is 87.8 Å². The lowest BCUT2D eigenvalue weighted by molar-refractivity contribution is -0.117. The number of Topliss-reactive ketones (excluding diaryl/α,β-unsaturated/α-hetero) is 2. The van der Waals surface area contributed by atoms with Gasteiger partial charge in [-0.05, 0) is 135 Å². The quantitative estimate of drug-likeness (QED) is 0.0300. The molecule has 4 N–H and O–H groups in total. The van der Waals surface area contributed by atoms with E-state index in [4.69, 9.17) is 28.4 Å². The second kappa shape index (κ2) is 33.5. The van der Waals surface area contributed by atoms with Crippen molar-refractivity contribution in [1.29, 1.82) is 0 Å². The highest BCUT2D eigenvalue weighted by atomic mass is 16.6. The highest BCUT2D eigenvalue weighted by molar-refractivity contribution is 5.97. The van der Waals surface area contributed by atoms with Crippen LogP contribution in [0.2, 0.25) is 0 Å². The van der Waals surface area contributed by atoms with Gasteiger partial charge in [-0.2, -0.15) is 0 Å². The van der Waals surface area contributed by atoms with Crippen molar-refractivity contribution in [2.24, 2.45) is 0 Å². The Bertz CT molecular complexity index is 2550. The molecule has 0 unspecified atom stereocenters. The average molecular weight is 1060 g/mol. The first-order chi connectivity index (χ1) is 38.3. The maximum Gasteiger partial charge on any atom is 0.224 e. The fourth-order valence-electron chi connectivity index (χ4n) is 8.82. The van der Waals surface area contributed by atoms with Crippen molar-refractivity contribution in [2.75, 3.05) is 74.1 Å². The normalized spacial score (nSPS) is 13.0. The van der Waals surface area contributed by atoms with Gasteiger partial charge in [0.25, 0.3) is 0 Å². The molecule has 1 aliphatic heterocycles. The second-order valence-electron chi connectivity index (χ2n) is 19.3. The number of para-hydroxylation sites is 2. The Morgan fingerprint density at radius 2 is 0.615 bits per heavy atom. The summed E-state index contributed by atoms with van der Waals surface area (Å²) in [6, 6.07) is 45.9. The van der Waals surface area contributed by atoms with Crippen molar-refractivity contribution in [2.45, 2.75) is 103 Å². The molecule has 6 aromatic carbocycles. The minimum atomic E-state index is 0.0109. The molecule has 0 fully saturated rings. The molecule has 78 heavy (non-hydrogen) atoms. The zero-order valence-corrected chi connectivity index (χ0v) is 44.9. The summed E-state index contributed by atoms with van der Waals surface area (Å²) in [5.41, 5.74) is 6.61. The zero-order valence-electron chi connectivity index (χ0n) is 44.9. The Hall–Kier alpha value is -7.68. The third-order valence-electron chi connectivity index (χ3n) is 13.0. The molecule has 1 aliphatic rings. The van der Waals surface area contributed by atoms with Crippen molar-refractivity contribution < 1.29 is 47.6 Å². The first kappa shape index (κ1) is 58.0. The molecular formula is C64H76N4O10. The maximum absolute atomic E-state index is 13.3. The summed E-state index contributed by atoms with van der Waals surface area (Å²) in [5, 5.41) is 12.7. The van der Waals surface area contributed by atoms with Crippen LogP contribution in [0.15, 0.2) is 146 Å². The smallest absolute Gasteiger partial charge is 0.224 e. The minimum Gasteiger partial charge on any atom is -0.487 e. The number of carbonyl (C=O) groups is 4. The van der Waals surface area contributed by atoms with Crippen LogP contribution in [0.25, 0.3) is 0 Å². The summed E-state index contributed by atoms with van der Waals surface area (Å²) in [6.45, 7) is 2.15. The number of unbranched alkanes of at least 4 members (excludes halogenated alkanes) is 10. The third-order valence-corrected chi connectivity index (χ3v) is 13.0. The number of amides is 2. The van der Waals surface area contributed by atoms with Crippen LogP contribution in [-0.4, -0.2) is 76.2 Å². The van der Waals surface area contributed by atoms with Gasteiger partial charge in [-0.25, -0.2) is 0 Å². The van der Waals surface area contributed by atoms with E-state index in [0.717, 1.165) is 111 Å². The van der Waals surface area contributed by atoms with E-state index in [2.05, 4.69) is 21.3 Å². The first-order valence-corrected chi connectivity index (χ1v) is 27.8. The van der Waals surface area contributed by atoms with Crippen LogP contribution in [0.3, 0.4) is 0 Å². The summed E-state index contributed by atoms with van der Waals surface area (Å²) in [6.07, 6.45) is 12.8. The largest absolute Gasteiger partial charge is 0.487 e. The Labute approximate surface area is 459 Å². The summed E-state index contributed by atoms with van der Waals surface area (Å²) < 4.78 is 35.9. The van der Waals surface area contributed by atoms with E-state index in [1.165, 1.54) is 0 Å². The van der Waals surface area contributed by atoms with Crippen molar-refractivity contribution in [3.63, 3.8) is 0 Å². The van der Waals surface area contributed by atoms with Crippen LogP contribution in [0, 0.1) is 0 Å². The van der Waals surface area contributed by atoms with E-state index >= 15 is 0 Å². The molecule has 6 aromatic rings. The monoisotopic (exact) mass is 1060 g/mol. The number of carbonyl (C=O) groups excluding carboxylic acids is 4. The number of fused-ring (bicyclic) bond motifs is 2. The molecule has 0 radical (unpaired) electrons. The van der Waals surface area contributed by atoms with Crippen molar-refractivity contribution in [3.05, 3.63) is 157 Å². The number of ketones is 2. The number of rotatable bonds is 26. The second-order valence-corrected chi connectivity index (χ2v) is 19.3. The van der Waals surface area contributed by atoms with Crippen LogP contribution < -0.4 is 40.2 Å². The highest BCUT2D eigenvalue weighted by Gasteiger charge is 2.15. The fourth-order valence-corrected chi connectivity index (χ4v) is 8.82. The standard InChI is InChI=1S/C64H76N4O10/c69-57(23-15-5-1-3-7-17-25-63(71)67-55-33-29-53(30-34-55)65-51-19-11-9-12-20-51)49-27-37-59-61(47-49)77-45-41-74-42-46-78-62-48-50(28-38-60(62)76-44-40-73-39-43-75-59)58(70)24-16-6-2-4-8-18-26-64(72)68-56-35-31-54(32-36-56)66-52-21-13-10-14-22-52/h9-14,19-22,27-38,47-48,65-66H,1-8,15-18,23-26,39-46H2,(H,67,71)(H,68,72). The van der Waals surface area contributed by atoms with E-state index in [1.807, 2.05) is 109 Å². The summed E-state index contributed by atoms with van der Waals surface area (Å²) in [4.78, 5) is 51.6. The van der Waals surface area contributed by atoms with Crippen LogP contribution in [-0.2, 0) is 19.1 Å². The van der Waals surface area contributed by atoms with E-state index in [1.54, 1.807) is 36.4 Å². The summed E-state index contributed by atoms with van der Waals surface area (Å²) in [7, 11) is 0. The SMILES string of the molecule is O=C(CCCCCCCCC(=O)c1ccc2c(c1)OCCOCCOc1cc(C(=O)CCCCCCCCC(=O)Nc3ccc(Nc4ccccc4)cc3)ccc1OCCOCCO2)Nc1ccc(Nc2ccccc2)cc1. The molecular weight excluding hydrogens is 985 g/mol. The number of hydrogen-bond donors (Lipinski definition) is 4. The van der Waals surface area contributed by atoms with Crippen molar-refractivity contribution >= 4 is 57.5 Å². The molecule has 0 atom stereocenters. The summed E-state index contributed by atoms with van der Waals surface area (Å²) in [5.74, 6) is 2.07. The fraction of sp³-hybridized carbons (Fsp3) is 0.375. The number of hydrogen-bond acceptors (Lipinski definition) is 12. The molecule has 0 spiro atoms. The maximum atomic E-state index is 13.3. The van der Waals surface area contributed by atoms with Crippen LogP contribution >= 0.6 is 0 Å². The number of ether oxygens (including phenoxy) is 6. The van der Waals surface area contributed by atoms with Gasteiger partial charge < -0.3 is 49.7 Å². The lowest BCUT2D eigenvalue weighted by atomic mass is 10.0. The molecule has 0 saturated heterocycles. The number of nitrogens with one attached hydrogen (secondary N) is 4. The molecule has 2 amide bonds. The lowest BCUT2D eigenvalue weighted by Gasteiger charge is -2.16. The van der Waals surface area contributed by atoms with Gasteiger partial charge in [0.15, 0.2) is 34.6 Å². The van der Waals surface area contributed by atoms with Gasteiger partial charge >= 0.3 is 0 Å². The predicted molar refractivity (Wildman–Crippen MR) is 309 cm³/mol. The van der Waals surface area contributed by atoms with E-state index in [9.17, 15) is 19.2 Å². The molecule has 14 nitrogen and oxygen atoms in total. The van der Waals surface area contributed by atoms with Crippen molar-refractivity contribution in [1.82, 2.24) is 0 Å². The van der Waals surface area contributed by atoms with Gasteiger partial charge in [0.05, 0.1) is 26.4 Å². The van der Waals surface area contributed by atoms with Gasteiger partial charge in [0.1, 0.15) is 26.4 Å². The topological polar surface area (TPSA) is 172 Å². The molecule has 0 aromatic heterocycles. The van der Waals surface area contributed by atoms with E-state index in [-0.39, 0.29) is 63.0 Å². The zero-order chi connectivity index (χ0) is 54.2. The Balaban J connectivity index is 0.739. The molecule has 412 valence electrons. The summed E-state index contributed by atoms with van der Waals surface area (Å²) >= 11 is 0. The highest BCUT2D eigenvalue weighted by Crippen LogP contribution is 2.31. The number of benzene rings is 6. The van der Waals surface area contributed by atoms with Gasteiger partial charge in [-0.3, -0.25) is 19.2 Å². The Morgan fingerprint density at radius 3 is 0.987 bits per heavy atom. The van der Waals surface area contributed by atoms with Gasteiger partial charge in [0.2, 0.25) is 11.8 Å². The van der Waals surface area contributed by atoms with Crippen LogP contribution in [0.5, 0.6) is 23.0 Å². The van der Waals surface area contributed by atoms with Gasteiger partial charge in [-0.15, -0.1) is 0 Å². The van der Waals surface area contributed by atoms with Gasteiger partial charge in [0, 0.05) is 70.9 Å². The van der Waals surface area contributed by atoms with E-state index < -0.39 is 0 Å². The van der Waals surface area contributed by atoms with Crippen LogP contribution in [0.4, 0.5) is 34.1 Å². The predicted octanol–water partition coefficient (Wildman–Crippen LogP) is 14.3. The Kier molecular flexibility index (Phi) is 24.9. The molecule has 0 aliphatic carbocycles. The number of anilines is 6. The van der Waals surface area contributed by atoms with Crippen LogP contribution in [0.1, 0.15) is 123 Å². The van der Waals surface area contributed by atoms with E-state index in [0.29, 0.717) is 73.0 Å². The Morgan fingerprint density at radius 1 is 0.308 bits per heavy atom. The molecule has 0 bridgehead atoms. The van der Waals surface area contributed by atoms with Crippen molar-refractivity contribution in [3.8, 4) is 23.0 Å². The first-order valence-electron chi connectivity index (χ1n) is 27.8. The molecule has 0 saturated carbocycles. The molecule has 1 heterocycles. The molecule has 7 rings (SSSR count). The average Bonchev–Trinajstić information content (AvgIpc) is 3.46. The lowest BCUT2D eigenvalue weighted by Crippen LogP contribution is -2.16. The third kappa shape index (κ3) is 21.4.